The van der Waals surface area contributed by atoms with E-state index in [1.54, 1.807) is 0 Å². The van der Waals surface area contributed by atoms with E-state index in [4.69, 9.17) is 6.42 Å². The van der Waals surface area contributed by atoms with Crippen molar-refractivity contribution in [1.29, 1.82) is 0 Å². The van der Waals surface area contributed by atoms with Gasteiger partial charge in [0.2, 0.25) is 11.8 Å². The van der Waals surface area contributed by atoms with Crippen molar-refractivity contribution in [3.05, 3.63) is 0 Å². The summed E-state index contributed by atoms with van der Waals surface area (Å²) in [4.78, 5) is 26.1. The number of rotatable bonds is 3. The molecule has 0 aromatic rings. The first-order chi connectivity index (χ1) is 8.64. The number of likely N-dealkylation sites (tertiary alicyclic amines) is 1. The molecule has 98 valence electrons. The van der Waals surface area contributed by atoms with Gasteiger partial charge in [0.15, 0.2) is 0 Å². The van der Waals surface area contributed by atoms with Crippen molar-refractivity contribution in [3.63, 3.8) is 0 Å². The molecule has 1 unspecified atom stereocenters. The fourth-order valence-electron chi connectivity index (χ4n) is 3.31. The SMILES string of the molecule is C#CC(CCC)N1C(=O)CC2(CCCCC2)C1=O. The highest BCUT2D eigenvalue weighted by Gasteiger charge is 2.52. The summed E-state index contributed by atoms with van der Waals surface area (Å²) in [5, 5.41) is 0. The molecule has 2 aliphatic rings. The molecule has 0 aromatic heterocycles. The van der Waals surface area contributed by atoms with Crippen LogP contribution in [0.4, 0.5) is 0 Å². The number of nitrogens with zero attached hydrogens (tertiary/aromatic N) is 1. The number of terminal acetylenes is 1. The zero-order valence-electron chi connectivity index (χ0n) is 11.1. The van der Waals surface area contributed by atoms with Crippen molar-refractivity contribution in [2.45, 2.75) is 64.3 Å². The van der Waals surface area contributed by atoms with Gasteiger partial charge in [0.05, 0.1) is 5.41 Å². The summed E-state index contributed by atoms with van der Waals surface area (Å²) in [6.07, 6.45) is 12.5. The number of imide groups is 1. The average molecular weight is 247 g/mol. The van der Waals surface area contributed by atoms with E-state index in [2.05, 4.69) is 5.92 Å². The van der Waals surface area contributed by atoms with Crippen molar-refractivity contribution >= 4 is 11.8 Å². The molecule has 3 heteroatoms. The highest BCUT2D eigenvalue weighted by Crippen LogP contribution is 2.46. The summed E-state index contributed by atoms with van der Waals surface area (Å²) in [5.74, 6) is 2.56. The van der Waals surface area contributed by atoms with Gasteiger partial charge in [0.25, 0.3) is 0 Å². The molecule has 1 aliphatic heterocycles. The van der Waals surface area contributed by atoms with Gasteiger partial charge in [-0.2, -0.15) is 0 Å². The Hall–Kier alpha value is -1.30. The van der Waals surface area contributed by atoms with Gasteiger partial charge >= 0.3 is 0 Å². The lowest BCUT2D eigenvalue weighted by atomic mass is 9.73. The Kier molecular flexibility index (Phi) is 3.75. The molecule has 3 nitrogen and oxygen atoms in total. The quantitative estimate of drug-likeness (QED) is 0.567. The molecule has 1 spiro atoms. The van der Waals surface area contributed by atoms with Gasteiger partial charge in [-0.3, -0.25) is 14.5 Å². The average Bonchev–Trinajstić information content (AvgIpc) is 2.60. The first-order valence-corrected chi connectivity index (χ1v) is 6.97. The van der Waals surface area contributed by atoms with E-state index in [1.807, 2.05) is 6.92 Å². The summed E-state index contributed by atoms with van der Waals surface area (Å²) in [5.41, 5.74) is -0.405. The molecule has 18 heavy (non-hydrogen) atoms. The molecule has 1 aliphatic carbocycles. The van der Waals surface area contributed by atoms with Gasteiger partial charge in [-0.25, -0.2) is 0 Å². The first-order valence-electron chi connectivity index (χ1n) is 6.97. The molecule has 2 fully saturated rings. The van der Waals surface area contributed by atoms with E-state index < -0.39 is 5.41 Å². The minimum Gasteiger partial charge on any atom is -0.274 e. The van der Waals surface area contributed by atoms with Gasteiger partial charge < -0.3 is 0 Å². The van der Waals surface area contributed by atoms with Crippen molar-refractivity contribution in [2.24, 2.45) is 5.41 Å². The Balaban J connectivity index is 2.21. The lowest BCUT2D eigenvalue weighted by Gasteiger charge is -2.31. The van der Waals surface area contributed by atoms with Crippen LogP contribution in [0, 0.1) is 17.8 Å². The van der Waals surface area contributed by atoms with Gasteiger partial charge in [-0.05, 0) is 19.3 Å². The van der Waals surface area contributed by atoms with Crippen LogP contribution in [0.2, 0.25) is 0 Å². The summed E-state index contributed by atoms with van der Waals surface area (Å²) in [7, 11) is 0. The molecular weight excluding hydrogens is 226 g/mol. The summed E-state index contributed by atoms with van der Waals surface area (Å²) in [6.45, 7) is 2.02. The maximum Gasteiger partial charge on any atom is 0.236 e. The minimum atomic E-state index is -0.405. The van der Waals surface area contributed by atoms with Crippen LogP contribution in [0.25, 0.3) is 0 Å². The molecule has 2 rings (SSSR count). The maximum absolute atomic E-state index is 12.6. The molecule has 0 bridgehead atoms. The van der Waals surface area contributed by atoms with Gasteiger partial charge in [0.1, 0.15) is 6.04 Å². The highest BCUT2D eigenvalue weighted by atomic mass is 16.2. The Labute approximate surface area is 109 Å². The van der Waals surface area contributed by atoms with E-state index >= 15 is 0 Å². The van der Waals surface area contributed by atoms with Crippen LogP contribution in [0.15, 0.2) is 0 Å². The van der Waals surface area contributed by atoms with Crippen LogP contribution >= 0.6 is 0 Å². The molecule has 2 amide bonds. The fraction of sp³-hybridized carbons (Fsp3) is 0.733. The van der Waals surface area contributed by atoms with Crippen LogP contribution in [0.5, 0.6) is 0 Å². The third kappa shape index (κ3) is 2.05. The Bertz CT molecular complexity index is 388. The van der Waals surface area contributed by atoms with Crippen LogP contribution < -0.4 is 0 Å². The standard InChI is InChI=1S/C15H21NO2/c1-3-8-12(4-2)16-13(17)11-15(14(16)18)9-6-5-7-10-15/h2,12H,3,5-11H2,1H3. The molecule has 0 N–H and O–H groups in total. The molecule has 1 atom stereocenters. The number of carbonyl (C=O) groups excluding carboxylic acids is 2. The van der Waals surface area contributed by atoms with Crippen LogP contribution in [-0.4, -0.2) is 22.8 Å². The Morgan fingerprint density at radius 1 is 1.33 bits per heavy atom. The maximum atomic E-state index is 12.6. The van der Waals surface area contributed by atoms with Crippen molar-refractivity contribution < 1.29 is 9.59 Å². The normalized spacial score (nSPS) is 24.3. The van der Waals surface area contributed by atoms with E-state index in [0.29, 0.717) is 12.8 Å². The second kappa shape index (κ2) is 5.14. The van der Waals surface area contributed by atoms with E-state index in [0.717, 1.165) is 32.1 Å². The number of hydrogen-bond acceptors (Lipinski definition) is 2. The predicted octanol–water partition coefficient (Wildman–Crippen LogP) is 2.50. The van der Waals surface area contributed by atoms with Crippen LogP contribution in [0.3, 0.4) is 0 Å². The van der Waals surface area contributed by atoms with E-state index in [1.165, 1.54) is 11.3 Å². The van der Waals surface area contributed by atoms with Crippen molar-refractivity contribution in [1.82, 2.24) is 4.90 Å². The smallest absolute Gasteiger partial charge is 0.236 e. The third-order valence-electron chi connectivity index (χ3n) is 4.31. The second-order valence-electron chi connectivity index (χ2n) is 5.56. The van der Waals surface area contributed by atoms with Gasteiger partial charge in [0, 0.05) is 6.42 Å². The number of hydrogen-bond donors (Lipinski definition) is 0. The highest BCUT2D eigenvalue weighted by molar-refractivity contribution is 6.06. The zero-order chi connectivity index (χ0) is 13.2. The minimum absolute atomic E-state index is 0.00333. The summed E-state index contributed by atoms with van der Waals surface area (Å²) in [6, 6.07) is -0.337. The lowest BCUT2D eigenvalue weighted by Crippen LogP contribution is -2.42. The third-order valence-corrected chi connectivity index (χ3v) is 4.31. The first kappa shape index (κ1) is 13.1. The molecule has 1 saturated carbocycles. The van der Waals surface area contributed by atoms with Crippen LogP contribution in [0.1, 0.15) is 58.3 Å². The fourth-order valence-corrected chi connectivity index (χ4v) is 3.31. The molecule has 0 aromatic carbocycles. The molecule has 1 heterocycles. The molecular formula is C15H21NO2. The number of amides is 2. The van der Waals surface area contributed by atoms with E-state index in [-0.39, 0.29) is 17.9 Å². The summed E-state index contributed by atoms with van der Waals surface area (Å²) >= 11 is 0. The van der Waals surface area contributed by atoms with E-state index in [9.17, 15) is 9.59 Å². The largest absolute Gasteiger partial charge is 0.274 e. The number of carbonyl (C=O) groups is 2. The van der Waals surface area contributed by atoms with Gasteiger partial charge in [-0.15, -0.1) is 6.42 Å². The van der Waals surface area contributed by atoms with Crippen molar-refractivity contribution in [3.8, 4) is 12.3 Å². The predicted molar refractivity (Wildman–Crippen MR) is 69.5 cm³/mol. The zero-order valence-corrected chi connectivity index (χ0v) is 11.1. The van der Waals surface area contributed by atoms with Crippen LogP contribution in [-0.2, 0) is 9.59 Å². The topological polar surface area (TPSA) is 37.4 Å². The second-order valence-corrected chi connectivity index (χ2v) is 5.56. The lowest BCUT2D eigenvalue weighted by molar-refractivity contribution is -0.143. The van der Waals surface area contributed by atoms with Crippen molar-refractivity contribution in [2.75, 3.05) is 0 Å². The summed E-state index contributed by atoms with van der Waals surface area (Å²) < 4.78 is 0. The Morgan fingerprint density at radius 3 is 2.56 bits per heavy atom. The monoisotopic (exact) mass is 247 g/mol. The Morgan fingerprint density at radius 2 is 2.00 bits per heavy atom. The molecule has 1 saturated heterocycles. The molecule has 0 radical (unpaired) electrons. The van der Waals surface area contributed by atoms with Gasteiger partial charge in [-0.1, -0.05) is 38.5 Å².